The quantitative estimate of drug-likeness (QED) is 0.129. The van der Waals surface area contributed by atoms with Crippen LogP contribution in [0.25, 0.3) is 6.08 Å². The molecule has 1 unspecified atom stereocenters. The zero-order chi connectivity index (χ0) is 31.8. The molecule has 3 aromatic carbocycles. The maximum atomic E-state index is 13.5. The molecule has 0 radical (unpaired) electrons. The average Bonchev–Trinajstić information content (AvgIpc) is 3.39. The van der Waals surface area contributed by atoms with Crippen LogP contribution in [0.3, 0.4) is 0 Å². The van der Waals surface area contributed by atoms with Crippen molar-refractivity contribution in [3.05, 3.63) is 112 Å². The van der Waals surface area contributed by atoms with Gasteiger partial charge in [-0.3, -0.25) is 14.4 Å². The van der Waals surface area contributed by atoms with E-state index in [0.29, 0.717) is 39.0 Å². The van der Waals surface area contributed by atoms with E-state index in [9.17, 15) is 19.6 Å². The summed E-state index contributed by atoms with van der Waals surface area (Å²) in [4.78, 5) is 41.3. The molecule has 8 nitrogen and oxygen atoms in total. The van der Waals surface area contributed by atoms with Crippen molar-refractivity contribution in [2.24, 2.45) is 5.92 Å². The number of hydrogen-bond donors (Lipinski definition) is 3. The van der Waals surface area contributed by atoms with Gasteiger partial charge in [0.1, 0.15) is 22.5 Å². The highest BCUT2D eigenvalue weighted by molar-refractivity contribution is 8.00. The SMILES string of the molecule is COc1ccccc1/C=C(/NC(=O)c1ccccc1)C(=O)Nc1cccc(SCC(=O)Nc2sc3c(c2C#N)CCC(C)C3)c1. The van der Waals surface area contributed by atoms with Crippen LogP contribution in [0.15, 0.2) is 89.5 Å². The molecule has 0 fully saturated rings. The van der Waals surface area contributed by atoms with Crippen molar-refractivity contribution in [2.75, 3.05) is 23.5 Å². The second kappa shape index (κ2) is 14.8. The summed E-state index contributed by atoms with van der Waals surface area (Å²) in [5.74, 6) is 0.0964. The minimum absolute atomic E-state index is 0.0344. The van der Waals surface area contributed by atoms with Gasteiger partial charge in [-0.25, -0.2) is 0 Å². The fourth-order valence-corrected chi connectivity index (χ4v) is 7.15. The van der Waals surface area contributed by atoms with Gasteiger partial charge in [0.05, 0.1) is 18.4 Å². The Labute approximate surface area is 270 Å². The lowest BCUT2D eigenvalue weighted by Crippen LogP contribution is -2.30. The summed E-state index contributed by atoms with van der Waals surface area (Å²) < 4.78 is 5.43. The molecule has 45 heavy (non-hydrogen) atoms. The monoisotopic (exact) mass is 636 g/mol. The van der Waals surface area contributed by atoms with E-state index in [2.05, 4.69) is 28.9 Å². The zero-order valence-corrected chi connectivity index (χ0v) is 26.5. The third-order valence-corrected chi connectivity index (χ3v) is 9.47. The lowest BCUT2D eigenvalue weighted by Gasteiger charge is -2.17. The Balaban J connectivity index is 1.27. The number of carbonyl (C=O) groups excluding carboxylic acids is 3. The molecular formula is C35H32N4O4S2. The molecule has 0 saturated heterocycles. The zero-order valence-electron chi connectivity index (χ0n) is 24.9. The Bertz CT molecular complexity index is 1790. The number of hydrogen-bond acceptors (Lipinski definition) is 7. The van der Waals surface area contributed by atoms with E-state index in [1.54, 1.807) is 60.7 Å². The molecule has 3 N–H and O–H groups in total. The first-order chi connectivity index (χ1) is 21.8. The Hall–Kier alpha value is -4.85. The van der Waals surface area contributed by atoms with Gasteiger partial charge in [0.2, 0.25) is 5.91 Å². The van der Waals surface area contributed by atoms with Crippen LogP contribution in [0.5, 0.6) is 5.75 Å². The summed E-state index contributed by atoms with van der Waals surface area (Å²) in [6, 6.07) is 25.2. The second-order valence-electron chi connectivity index (χ2n) is 10.6. The molecule has 1 aliphatic rings. The van der Waals surface area contributed by atoms with Gasteiger partial charge >= 0.3 is 0 Å². The number of benzene rings is 3. The molecule has 0 spiro atoms. The van der Waals surface area contributed by atoms with Gasteiger partial charge in [-0.05, 0) is 73.2 Å². The largest absolute Gasteiger partial charge is 0.496 e. The lowest BCUT2D eigenvalue weighted by molar-refractivity contribution is -0.114. The van der Waals surface area contributed by atoms with Crippen LogP contribution in [0.1, 0.15) is 45.3 Å². The number of thiophene rings is 1. The topological polar surface area (TPSA) is 120 Å². The fourth-order valence-electron chi connectivity index (χ4n) is 5.01. The average molecular weight is 637 g/mol. The molecule has 0 aliphatic heterocycles. The highest BCUT2D eigenvalue weighted by atomic mass is 32.2. The van der Waals surface area contributed by atoms with Gasteiger partial charge in [-0.15, -0.1) is 23.1 Å². The van der Waals surface area contributed by atoms with Crippen LogP contribution >= 0.6 is 23.1 Å². The first kappa shape index (κ1) is 31.6. The van der Waals surface area contributed by atoms with Crippen molar-refractivity contribution < 1.29 is 19.1 Å². The molecule has 10 heteroatoms. The van der Waals surface area contributed by atoms with Gasteiger partial charge in [-0.2, -0.15) is 5.26 Å². The standard InChI is InChI=1S/C35H32N4O4S2/c1-22-15-16-27-28(20-36)35(45-31(27)17-22)39-32(40)21-44-26-13-8-12-25(19-26)37-34(42)29(18-24-11-6-7-14-30(24)43-2)38-33(41)23-9-4-3-5-10-23/h3-14,18-19,22H,15-17,21H2,1-2H3,(H,37,42)(H,38,41)(H,39,40)/b29-18+. The van der Waals surface area contributed by atoms with E-state index < -0.39 is 11.8 Å². The third kappa shape index (κ3) is 8.01. The molecule has 0 bridgehead atoms. The number of nitrogens with zero attached hydrogens (tertiary/aromatic N) is 1. The summed E-state index contributed by atoms with van der Waals surface area (Å²) in [5.41, 5.74) is 3.22. The highest BCUT2D eigenvalue weighted by Gasteiger charge is 2.24. The summed E-state index contributed by atoms with van der Waals surface area (Å²) in [6.07, 6.45) is 4.41. The Morgan fingerprint density at radius 2 is 1.82 bits per heavy atom. The molecule has 4 aromatic rings. The molecule has 228 valence electrons. The number of carbonyl (C=O) groups is 3. The lowest BCUT2D eigenvalue weighted by atomic mass is 9.89. The molecule has 1 heterocycles. The van der Waals surface area contributed by atoms with Gasteiger partial charge < -0.3 is 20.7 Å². The minimum atomic E-state index is -0.523. The number of nitriles is 1. The van der Waals surface area contributed by atoms with Gasteiger partial charge in [0.15, 0.2) is 0 Å². The van der Waals surface area contributed by atoms with E-state index in [0.717, 1.165) is 29.7 Å². The van der Waals surface area contributed by atoms with Gasteiger partial charge in [-0.1, -0.05) is 49.4 Å². The normalized spacial score (nSPS) is 14.1. The summed E-state index contributed by atoms with van der Waals surface area (Å²) in [5, 5.41) is 18.9. The van der Waals surface area contributed by atoms with Crippen LogP contribution in [-0.4, -0.2) is 30.6 Å². The summed E-state index contributed by atoms with van der Waals surface area (Å²) in [7, 11) is 1.54. The number of ether oxygens (including phenoxy) is 1. The highest BCUT2D eigenvalue weighted by Crippen LogP contribution is 2.39. The maximum Gasteiger partial charge on any atom is 0.272 e. The first-order valence-corrected chi connectivity index (χ1v) is 16.2. The predicted octanol–water partition coefficient (Wildman–Crippen LogP) is 6.89. The number of thioether (sulfide) groups is 1. The third-order valence-electron chi connectivity index (χ3n) is 7.31. The van der Waals surface area contributed by atoms with E-state index in [4.69, 9.17) is 4.74 Å². The van der Waals surface area contributed by atoms with Gasteiger partial charge in [0, 0.05) is 26.6 Å². The number of amides is 3. The number of methoxy groups -OCH3 is 1. The minimum Gasteiger partial charge on any atom is -0.496 e. The number of anilines is 2. The van der Waals surface area contributed by atoms with Crippen LogP contribution < -0.4 is 20.7 Å². The number of fused-ring (bicyclic) bond motifs is 1. The van der Waals surface area contributed by atoms with Crippen molar-refractivity contribution in [2.45, 2.75) is 31.1 Å². The number of rotatable bonds is 10. The molecule has 1 aliphatic carbocycles. The smallest absolute Gasteiger partial charge is 0.272 e. The van der Waals surface area contributed by atoms with Crippen molar-refractivity contribution in [3.63, 3.8) is 0 Å². The predicted molar refractivity (Wildman–Crippen MR) is 180 cm³/mol. The van der Waals surface area contributed by atoms with Crippen molar-refractivity contribution in [1.29, 1.82) is 5.26 Å². The van der Waals surface area contributed by atoms with Crippen molar-refractivity contribution in [1.82, 2.24) is 5.32 Å². The van der Waals surface area contributed by atoms with E-state index in [-0.39, 0.29) is 17.4 Å². The molecule has 1 atom stereocenters. The molecule has 0 saturated carbocycles. The summed E-state index contributed by atoms with van der Waals surface area (Å²) in [6.45, 7) is 2.21. The second-order valence-corrected chi connectivity index (χ2v) is 12.8. The number of para-hydroxylation sites is 1. The Kier molecular flexibility index (Phi) is 10.3. The summed E-state index contributed by atoms with van der Waals surface area (Å²) >= 11 is 2.82. The van der Waals surface area contributed by atoms with Crippen LogP contribution in [-0.2, 0) is 22.4 Å². The molecule has 3 amide bonds. The van der Waals surface area contributed by atoms with Gasteiger partial charge in [0.25, 0.3) is 11.8 Å². The molecule has 1 aromatic heterocycles. The van der Waals surface area contributed by atoms with E-state index in [1.165, 1.54) is 35.1 Å². The molecular weight excluding hydrogens is 605 g/mol. The van der Waals surface area contributed by atoms with Crippen LogP contribution in [0.4, 0.5) is 10.7 Å². The van der Waals surface area contributed by atoms with Crippen LogP contribution in [0.2, 0.25) is 0 Å². The molecule has 5 rings (SSSR count). The maximum absolute atomic E-state index is 13.5. The van der Waals surface area contributed by atoms with Crippen molar-refractivity contribution >= 4 is 57.6 Å². The first-order valence-electron chi connectivity index (χ1n) is 14.4. The Morgan fingerprint density at radius 1 is 1.04 bits per heavy atom. The Morgan fingerprint density at radius 3 is 2.60 bits per heavy atom. The van der Waals surface area contributed by atoms with E-state index >= 15 is 0 Å². The van der Waals surface area contributed by atoms with E-state index in [1.807, 2.05) is 24.3 Å². The van der Waals surface area contributed by atoms with Crippen molar-refractivity contribution in [3.8, 4) is 11.8 Å². The van der Waals surface area contributed by atoms with Crippen LogP contribution in [0, 0.1) is 17.2 Å². The number of nitrogens with one attached hydrogen (secondary N) is 3. The fraction of sp³-hybridized carbons (Fsp3) is 0.200.